The molecule has 136 valence electrons. The zero-order valence-corrected chi connectivity index (χ0v) is 14.7. The molecule has 0 amide bonds. The van der Waals surface area contributed by atoms with Gasteiger partial charge in [-0.1, -0.05) is 0 Å². The highest BCUT2D eigenvalue weighted by Crippen LogP contribution is 2.38. The summed E-state index contributed by atoms with van der Waals surface area (Å²) in [6.45, 7) is 1.04. The van der Waals surface area contributed by atoms with E-state index in [-0.39, 0.29) is 17.6 Å². The Morgan fingerprint density at radius 3 is 2.88 bits per heavy atom. The molecule has 1 saturated heterocycles. The number of nitrogens with zero attached hydrogens (tertiary/aromatic N) is 4. The van der Waals surface area contributed by atoms with Crippen LogP contribution in [0.5, 0.6) is 0 Å². The zero-order chi connectivity index (χ0) is 17.5. The van der Waals surface area contributed by atoms with E-state index >= 15 is 0 Å². The average Bonchev–Trinajstić information content (AvgIpc) is 3.42. The number of rotatable bonds is 4. The predicted molar refractivity (Wildman–Crippen MR) is 96.4 cm³/mol. The van der Waals surface area contributed by atoms with Crippen molar-refractivity contribution >= 4 is 5.82 Å². The van der Waals surface area contributed by atoms with E-state index in [0.717, 1.165) is 30.0 Å². The molecule has 1 aliphatic heterocycles. The number of aryl methyl sites for hydroxylation is 1. The lowest BCUT2D eigenvalue weighted by atomic mass is 9.96. The lowest BCUT2D eigenvalue weighted by molar-refractivity contribution is 0.182. The number of fused-ring (bicyclic) bond motifs is 1. The minimum atomic E-state index is -0.115. The number of hydrogen-bond acceptors (Lipinski definition) is 6. The van der Waals surface area contributed by atoms with Crippen molar-refractivity contribution in [2.75, 3.05) is 18.5 Å². The van der Waals surface area contributed by atoms with Crippen LogP contribution in [0.25, 0.3) is 0 Å². The first-order valence-corrected chi connectivity index (χ1v) is 9.56. The summed E-state index contributed by atoms with van der Waals surface area (Å²) in [5.74, 6) is 1.41. The third kappa shape index (κ3) is 2.90. The molecular weight excluding hydrogens is 330 g/mol. The lowest BCUT2D eigenvalue weighted by Gasteiger charge is -2.24. The van der Waals surface area contributed by atoms with Gasteiger partial charge in [0, 0.05) is 23.2 Å². The fourth-order valence-electron chi connectivity index (χ4n) is 4.02. The smallest absolute Gasteiger partial charge is 0.267 e. The van der Waals surface area contributed by atoms with Crippen LogP contribution in [0.2, 0.25) is 0 Å². The summed E-state index contributed by atoms with van der Waals surface area (Å²) in [5.41, 5.74) is 3.32. The first-order chi connectivity index (χ1) is 12.8. The standard InChI is InChI=1S/C19H23N5O2/c25-18-8-7-14(12-5-6-12)23-24(18)17-10-26-9-16(17)22-19-13-3-1-2-4-15(13)20-11-21-19/h7-8,11-12,16-17H,1-6,9-10H2,(H,20,21,22). The molecule has 0 bridgehead atoms. The SMILES string of the molecule is O=c1ccc(C2CC2)nn1C1COCC1Nc1ncnc2c1CCCC2. The van der Waals surface area contributed by atoms with Crippen LogP contribution in [0.3, 0.4) is 0 Å². The molecule has 2 fully saturated rings. The second-order valence-corrected chi connectivity index (χ2v) is 7.53. The van der Waals surface area contributed by atoms with Crippen LogP contribution in [-0.4, -0.2) is 39.0 Å². The van der Waals surface area contributed by atoms with Crippen LogP contribution in [0.1, 0.15) is 54.6 Å². The Kier molecular flexibility index (Phi) is 3.96. The molecular formula is C19H23N5O2. The van der Waals surface area contributed by atoms with Gasteiger partial charge in [0.25, 0.3) is 5.56 Å². The van der Waals surface area contributed by atoms with E-state index in [9.17, 15) is 4.79 Å². The molecule has 2 aromatic rings. The number of nitrogens with one attached hydrogen (secondary N) is 1. The van der Waals surface area contributed by atoms with Gasteiger partial charge in [0.15, 0.2) is 0 Å². The Balaban J connectivity index is 1.43. The van der Waals surface area contributed by atoms with Crippen molar-refractivity contribution in [1.82, 2.24) is 19.7 Å². The van der Waals surface area contributed by atoms with Gasteiger partial charge >= 0.3 is 0 Å². The summed E-state index contributed by atoms with van der Waals surface area (Å²) in [6, 6.07) is 3.38. The molecule has 0 spiro atoms. The summed E-state index contributed by atoms with van der Waals surface area (Å²) in [4.78, 5) is 21.3. The largest absolute Gasteiger partial charge is 0.377 e. The summed E-state index contributed by atoms with van der Waals surface area (Å²) < 4.78 is 7.32. The maximum atomic E-state index is 12.4. The van der Waals surface area contributed by atoms with E-state index in [2.05, 4.69) is 20.4 Å². The van der Waals surface area contributed by atoms with E-state index in [1.165, 1.54) is 31.2 Å². The Morgan fingerprint density at radius 1 is 1.12 bits per heavy atom. The van der Waals surface area contributed by atoms with E-state index in [0.29, 0.717) is 19.1 Å². The van der Waals surface area contributed by atoms with Crippen molar-refractivity contribution in [3.05, 3.63) is 45.8 Å². The van der Waals surface area contributed by atoms with Gasteiger partial charge in [-0.2, -0.15) is 5.10 Å². The fraction of sp³-hybridized carbons (Fsp3) is 0.579. The van der Waals surface area contributed by atoms with Crippen molar-refractivity contribution in [3.8, 4) is 0 Å². The molecule has 7 heteroatoms. The van der Waals surface area contributed by atoms with Crippen molar-refractivity contribution in [3.63, 3.8) is 0 Å². The summed E-state index contributed by atoms with van der Waals surface area (Å²) in [5, 5.41) is 8.18. The second kappa shape index (κ2) is 6.46. The predicted octanol–water partition coefficient (Wildman–Crippen LogP) is 1.84. The van der Waals surface area contributed by atoms with E-state index in [1.807, 2.05) is 6.07 Å². The maximum Gasteiger partial charge on any atom is 0.267 e. The van der Waals surface area contributed by atoms with E-state index < -0.39 is 0 Å². The molecule has 2 unspecified atom stereocenters. The topological polar surface area (TPSA) is 81.9 Å². The van der Waals surface area contributed by atoms with Gasteiger partial charge in [0.05, 0.1) is 24.9 Å². The highest BCUT2D eigenvalue weighted by atomic mass is 16.5. The number of aromatic nitrogens is 4. The molecule has 0 aromatic carbocycles. The van der Waals surface area contributed by atoms with Gasteiger partial charge in [0.2, 0.25) is 0 Å². The van der Waals surface area contributed by atoms with Gasteiger partial charge in [-0.05, 0) is 44.6 Å². The van der Waals surface area contributed by atoms with Gasteiger partial charge in [0.1, 0.15) is 18.2 Å². The van der Waals surface area contributed by atoms with Gasteiger partial charge in [-0.15, -0.1) is 0 Å². The Labute approximate surface area is 151 Å². The van der Waals surface area contributed by atoms with Crippen molar-refractivity contribution in [2.45, 2.75) is 56.5 Å². The Bertz CT molecular complexity index is 876. The van der Waals surface area contributed by atoms with Crippen molar-refractivity contribution < 1.29 is 4.74 Å². The maximum absolute atomic E-state index is 12.4. The first-order valence-electron chi connectivity index (χ1n) is 9.56. The Morgan fingerprint density at radius 2 is 2.00 bits per heavy atom. The molecule has 2 aliphatic carbocycles. The molecule has 3 heterocycles. The van der Waals surface area contributed by atoms with Crippen LogP contribution < -0.4 is 10.9 Å². The minimum absolute atomic E-state index is 0.0180. The van der Waals surface area contributed by atoms with Gasteiger partial charge < -0.3 is 10.1 Å². The molecule has 3 aliphatic rings. The zero-order valence-electron chi connectivity index (χ0n) is 14.7. The minimum Gasteiger partial charge on any atom is -0.377 e. The van der Waals surface area contributed by atoms with Crippen LogP contribution in [0, 0.1) is 0 Å². The summed E-state index contributed by atoms with van der Waals surface area (Å²) in [7, 11) is 0. The molecule has 2 atom stereocenters. The summed E-state index contributed by atoms with van der Waals surface area (Å²) >= 11 is 0. The average molecular weight is 353 g/mol. The lowest BCUT2D eigenvalue weighted by Crippen LogP contribution is -2.38. The Hall–Kier alpha value is -2.28. The number of hydrogen-bond donors (Lipinski definition) is 1. The molecule has 1 saturated carbocycles. The van der Waals surface area contributed by atoms with Gasteiger partial charge in [-0.3, -0.25) is 4.79 Å². The molecule has 5 rings (SSSR count). The normalized spacial score (nSPS) is 25.1. The van der Waals surface area contributed by atoms with Crippen LogP contribution in [0.4, 0.5) is 5.82 Å². The highest BCUT2D eigenvalue weighted by molar-refractivity contribution is 5.48. The molecule has 26 heavy (non-hydrogen) atoms. The fourth-order valence-corrected chi connectivity index (χ4v) is 4.02. The van der Waals surface area contributed by atoms with Gasteiger partial charge in [-0.25, -0.2) is 14.6 Å². The van der Waals surface area contributed by atoms with Crippen LogP contribution in [-0.2, 0) is 17.6 Å². The molecule has 1 N–H and O–H groups in total. The molecule has 0 radical (unpaired) electrons. The third-order valence-electron chi connectivity index (χ3n) is 5.65. The van der Waals surface area contributed by atoms with Crippen LogP contribution >= 0.6 is 0 Å². The molecule has 7 nitrogen and oxygen atoms in total. The van der Waals surface area contributed by atoms with Crippen molar-refractivity contribution in [1.29, 1.82) is 0 Å². The quantitative estimate of drug-likeness (QED) is 0.903. The molecule has 2 aromatic heterocycles. The monoisotopic (exact) mass is 353 g/mol. The third-order valence-corrected chi connectivity index (χ3v) is 5.65. The van der Waals surface area contributed by atoms with Crippen LogP contribution in [0.15, 0.2) is 23.3 Å². The number of anilines is 1. The van der Waals surface area contributed by atoms with E-state index in [1.54, 1.807) is 17.1 Å². The first kappa shape index (κ1) is 15.9. The summed E-state index contributed by atoms with van der Waals surface area (Å²) in [6.07, 6.45) is 8.35. The van der Waals surface area contributed by atoms with Crippen molar-refractivity contribution in [2.24, 2.45) is 0 Å². The number of ether oxygens (including phenoxy) is 1. The highest BCUT2D eigenvalue weighted by Gasteiger charge is 2.34. The van der Waals surface area contributed by atoms with E-state index in [4.69, 9.17) is 4.74 Å². The second-order valence-electron chi connectivity index (χ2n) is 7.53.